The fourth-order valence-electron chi connectivity index (χ4n) is 0.729. The van der Waals surface area contributed by atoms with Crippen LogP contribution in [0.2, 0.25) is 0 Å². The number of halogens is 1. The number of benzene rings is 1. The summed E-state index contributed by atoms with van der Waals surface area (Å²) < 4.78 is 17.3. The molecule has 0 aromatic heterocycles. The summed E-state index contributed by atoms with van der Waals surface area (Å²) in [5.74, 6) is -0.351. The predicted octanol–water partition coefficient (Wildman–Crippen LogP) is 1.64. The highest BCUT2D eigenvalue weighted by atomic mass is 19.1. The molecule has 0 saturated heterocycles. The summed E-state index contributed by atoms with van der Waals surface area (Å²) in [6, 6.07) is 3.96. The molecular formula is C7H8FNO2. The van der Waals surface area contributed by atoms with Gasteiger partial charge in [-0.15, -0.1) is 0 Å². The van der Waals surface area contributed by atoms with Crippen LogP contribution in [-0.4, -0.2) is 12.3 Å². The second kappa shape index (κ2) is 3.21. The molecule has 0 aliphatic heterocycles. The summed E-state index contributed by atoms with van der Waals surface area (Å²) in [5, 5.41) is 8.42. The second-order valence-corrected chi connectivity index (χ2v) is 1.96. The fraction of sp³-hybridized carbons (Fsp3) is 0.143. The minimum atomic E-state index is -0.452. The Morgan fingerprint density at radius 2 is 2.27 bits per heavy atom. The molecule has 0 heterocycles. The van der Waals surface area contributed by atoms with E-state index in [0.29, 0.717) is 5.69 Å². The standard InChI is InChI=1S/C7H8FNO2/c1-11-7-4-5(9-10)2-3-6(7)8/h2-4,9-10H,1H3. The lowest BCUT2D eigenvalue weighted by molar-refractivity contribution is 0.378. The minimum absolute atomic E-state index is 0.101. The summed E-state index contributed by atoms with van der Waals surface area (Å²) in [5.41, 5.74) is 2.27. The van der Waals surface area contributed by atoms with Gasteiger partial charge in [0.15, 0.2) is 11.6 Å². The zero-order chi connectivity index (χ0) is 8.27. The lowest BCUT2D eigenvalue weighted by atomic mass is 10.3. The molecule has 0 spiro atoms. The molecule has 0 radical (unpaired) electrons. The van der Waals surface area contributed by atoms with Crippen LogP contribution in [0.5, 0.6) is 5.75 Å². The van der Waals surface area contributed by atoms with Gasteiger partial charge in [0.25, 0.3) is 0 Å². The average Bonchev–Trinajstić information content (AvgIpc) is 2.05. The summed E-state index contributed by atoms with van der Waals surface area (Å²) in [6.45, 7) is 0. The maximum absolute atomic E-state index is 12.7. The van der Waals surface area contributed by atoms with Crippen molar-refractivity contribution in [2.24, 2.45) is 0 Å². The molecule has 4 heteroatoms. The van der Waals surface area contributed by atoms with Crippen molar-refractivity contribution in [3.8, 4) is 5.75 Å². The predicted molar refractivity (Wildman–Crippen MR) is 38.4 cm³/mol. The molecule has 0 amide bonds. The van der Waals surface area contributed by atoms with Crippen LogP contribution in [0, 0.1) is 5.82 Å². The molecule has 3 nitrogen and oxygen atoms in total. The van der Waals surface area contributed by atoms with Crippen molar-refractivity contribution in [1.29, 1.82) is 0 Å². The largest absolute Gasteiger partial charge is 0.494 e. The fourth-order valence-corrected chi connectivity index (χ4v) is 0.729. The first-order chi connectivity index (χ1) is 5.27. The molecular weight excluding hydrogens is 149 g/mol. The van der Waals surface area contributed by atoms with E-state index < -0.39 is 5.82 Å². The lowest BCUT2D eigenvalue weighted by Gasteiger charge is -2.03. The van der Waals surface area contributed by atoms with Crippen molar-refractivity contribution in [1.82, 2.24) is 0 Å². The Hall–Kier alpha value is -1.29. The van der Waals surface area contributed by atoms with Gasteiger partial charge in [-0.05, 0) is 12.1 Å². The van der Waals surface area contributed by atoms with Gasteiger partial charge in [0.1, 0.15) is 0 Å². The molecule has 1 aromatic rings. The van der Waals surface area contributed by atoms with E-state index in [0.717, 1.165) is 0 Å². The van der Waals surface area contributed by atoms with Crippen LogP contribution in [-0.2, 0) is 0 Å². The van der Waals surface area contributed by atoms with Crippen molar-refractivity contribution < 1.29 is 14.3 Å². The third-order valence-corrected chi connectivity index (χ3v) is 1.28. The van der Waals surface area contributed by atoms with Gasteiger partial charge < -0.3 is 4.74 Å². The highest BCUT2D eigenvalue weighted by Crippen LogP contribution is 2.20. The molecule has 0 atom stereocenters. The molecule has 0 fully saturated rings. The Balaban J connectivity index is 3.02. The van der Waals surface area contributed by atoms with E-state index in [-0.39, 0.29) is 5.75 Å². The number of anilines is 1. The zero-order valence-electron chi connectivity index (χ0n) is 5.97. The smallest absolute Gasteiger partial charge is 0.165 e. The third-order valence-electron chi connectivity index (χ3n) is 1.28. The highest BCUT2D eigenvalue weighted by Gasteiger charge is 2.01. The summed E-state index contributed by atoms with van der Waals surface area (Å²) in [7, 11) is 1.36. The van der Waals surface area contributed by atoms with E-state index in [1.54, 1.807) is 0 Å². The summed E-state index contributed by atoms with van der Waals surface area (Å²) in [6.07, 6.45) is 0. The van der Waals surface area contributed by atoms with Gasteiger partial charge in [-0.2, -0.15) is 0 Å². The van der Waals surface area contributed by atoms with Crippen LogP contribution in [0.25, 0.3) is 0 Å². The Morgan fingerprint density at radius 1 is 1.55 bits per heavy atom. The van der Waals surface area contributed by atoms with Crippen molar-refractivity contribution in [3.05, 3.63) is 24.0 Å². The first-order valence-corrected chi connectivity index (χ1v) is 3.01. The van der Waals surface area contributed by atoms with Gasteiger partial charge in [0.05, 0.1) is 12.8 Å². The number of nitrogens with one attached hydrogen (secondary N) is 1. The van der Waals surface area contributed by atoms with Gasteiger partial charge in [-0.3, -0.25) is 10.7 Å². The zero-order valence-corrected chi connectivity index (χ0v) is 5.97. The third kappa shape index (κ3) is 1.59. The summed E-state index contributed by atoms with van der Waals surface area (Å²) >= 11 is 0. The van der Waals surface area contributed by atoms with Crippen molar-refractivity contribution in [2.45, 2.75) is 0 Å². The first kappa shape index (κ1) is 7.81. The Bertz CT molecular complexity index is 252. The van der Waals surface area contributed by atoms with Gasteiger partial charge in [-0.1, -0.05) is 0 Å². The number of hydrogen-bond acceptors (Lipinski definition) is 3. The number of methoxy groups -OCH3 is 1. The molecule has 0 saturated carbocycles. The van der Waals surface area contributed by atoms with Gasteiger partial charge in [-0.25, -0.2) is 4.39 Å². The Labute approximate surface area is 63.4 Å². The topological polar surface area (TPSA) is 41.5 Å². The van der Waals surface area contributed by atoms with Crippen molar-refractivity contribution in [2.75, 3.05) is 12.6 Å². The summed E-state index contributed by atoms with van der Waals surface area (Å²) in [4.78, 5) is 0. The molecule has 0 unspecified atom stereocenters. The number of rotatable bonds is 2. The average molecular weight is 157 g/mol. The van der Waals surface area contributed by atoms with E-state index >= 15 is 0 Å². The maximum Gasteiger partial charge on any atom is 0.165 e. The van der Waals surface area contributed by atoms with E-state index in [1.165, 1.54) is 25.3 Å². The second-order valence-electron chi connectivity index (χ2n) is 1.96. The molecule has 1 rings (SSSR count). The molecule has 1 aromatic carbocycles. The lowest BCUT2D eigenvalue weighted by Crippen LogP contribution is -1.92. The van der Waals surface area contributed by atoms with Crippen molar-refractivity contribution in [3.63, 3.8) is 0 Å². The highest BCUT2D eigenvalue weighted by molar-refractivity contribution is 5.46. The van der Waals surface area contributed by atoms with E-state index in [4.69, 9.17) is 5.21 Å². The van der Waals surface area contributed by atoms with E-state index in [2.05, 4.69) is 4.74 Å². The number of ether oxygens (including phenoxy) is 1. The van der Waals surface area contributed by atoms with Gasteiger partial charge in [0.2, 0.25) is 0 Å². The molecule has 60 valence electrons. The Morgan fingerprint density at radius 3 is 2.82 bits per heavy atom. The Kier molecular flexibility index (Phi) is 2.28. The molecule has 0 aliphatic rings. The quantitative estimate of drug-likeness (QED) is 0.641. The number of hydrogen-bond donors (Lipinski definition) is 2. The van der Waals surface area contributed by atoms with Crippen LogP contribution in [0.1, 0.15) is 0 Å². The molecule has 0 bridgehead atoms. The van der Waals surface area contributed by atoms with Gasteiger partial charge >= 0.3 is 0 Å². The van der Waals surface area contributed by atoms with E-state index in [9.17, 15) is 4.39 Å². The molecule has 0 aliphatic carbocycles. The monoisotopic (exact) mass is 157 g/mol. The van der Waals surface area contributed by atoms with Crippen LogP contribution in [0.4, 0.5) is 10.1 Å². The van der Waals surface area contributed by atoms with Gasteiger partial charge in [0, 0.05) is 6.07 Å². The first-order valence-electron chi connectivity index (χ1n) is 3.01. The van der Waals surface area contributed by atoms with Crippen molar-refractivity contribution >= 4 is 5.69 Å². The SMILES string of the molecule is COc1cc(NO)ccc1F. The van der Waals surface area contributed by atoms with Crippen LogP contribution in [0.15, 0.2) is 18.2 Å². The normalized spacial score (nSPS) is 9.36. The van der Waals surface area contributed by atoms with Crippen LogP contribution < -0.4 is 10.2 Å². The van der Waals surface area contributed by atoms with Crippen LogP contribution >= 0.6 is 0 Å². The van der Waals surface area contributed by atoms with E-state index in [1.807, 2.05) is 5.48 Å². The minimum Gasteiger partial charge on any atom is -0.494 e. The van der Waals surface area contributed by atoms with Crippen LogP contribution in [0.3, 0.4) is 0 Å². The maximum atomic E-state index is 12.7. The molecule has 2 N–H and O–H groups in total. The molecule has 11 heavy (non-hydrogen) atoms.